The number of anilines is 1. The van der Waals surface area contributed by atoms with Crippen LogP contribution in [0.25, 0.3) is 22.0 Å². The van der Waals surface area contributed by atoms with Gasteiger partial charge in [0.1, 0.15) is 0 Å². The number of hydrogen-bond acceptors (Lipinski definition) is 7. The summed E-state index contributed by atoms with van der Waals surface area (Å²) in [6.45, 7) is 3.23. The lowest BCUT2D eigenvalue weighted by Gasteiger charge is -2.41. The molecule has 0 bridgehead atoms. The Morgan fingerprint density at radius 1 is 1.03 bits per heavy atom. The Balaban J connectivity index is 1.02. The van der Waals surface area contributed by atoms with Gasteiger partial charge in [0.15, 0.2) is 11.6 Å². The van der Waals surface area contributed by atoms with Crippen molar-refractivity contribution in [1.82, 2.24) is 25.7 Å². The molecule has 200 valence electrons. The molecule has 1 aliphatic heterocycles. The summed E-state index contributed by atoms with van der Waals surface area (Å²) in [4.78, 5) is 2.27. The fourth-order valence-electron chi connectivity index (χ4n) is 4.36. The molecular weight excluding hydrogens is 504 g/mol. The molecule has 0 aliphatic carbocycles. The molecule has 8 nitrogen and oxygen atoms in total. The number of halogens is 4. The van der Waals surface area contributed by atoms with Crippen LogP contribution in [0.5, 0.6) is 5.75 Å². The molecule has 2 N–H and O–H groups in total. The number of unbranched alkanes of at least 4 members (excludes halogenated alkanes) is 1. The molecule has 2 aromatic heterocycles. The van der Waals surface area contributed by atoms with Crippen molar-refractivity contribution in [2.75, 3.05) is 31.1 Å². The molecule has 0 atom stereocenters. The van der Waals surface area contributed by atoms with E-state index in [1.54, 1.807) is 12.4 Å². The van der Waals surface area contributed by atoms with E-state index in [9.17, 15) is 17.6 Å². The molecule has 3 heterocycles. The number of aromatic nitrogens is 4. The Labute approximate surface area is 216 Å². The van der Waals surface area contributed by atoms with Crippen LogP contribution in [0.3, 0.4) is 0 Å². The van der Waals surface area contributed by atoms with Crippen molar-refractivity contribution in [2.24, 2.45) is 0 Å². The lowest BCUT2D eigenvalue weighted by molar-refractivity contribution is -0.275. The van der Waals surface area contributed by atoms with E-state index in [4.69, 9.17) is 4.74 Å². The number of H-pyrrole nitrogens is 1. The molecule has 5 rings (SSSR count). The average molecular weight is 531 g/mol. The minimum absolute atomic E-state index is 0.150. The van der Waals surface area contributed by atoms with Crippen molar-refractivity contribution in [1.29, 1.82) is 0 Å². The summed E-state index contributed by atoms with van der Waals surface area (Å²) in [5, 5.41) is 19.3. The van der Waals surface area contributed by atoms with E-state index in [-0.39, 0.29) is 6.10 Å². The van der Waals surface area contributed by atoms with Gasteiger partial charge in [0.05, 0.1) is 30.2 Å². The molecule has 0 unspecified atom stereocenters. The molecule has 0 amide bonds. The van der Waals surface area contributed by atoms with Gasteiger partial charge in [-0.25, -0.2) is 4.39 Å². The van der Waals surface area contributed by atoms with Crippen LogP contribution in [0.1, 0.15) is 18.4 Å². The van der Waals surface area contributed by atoms with E-state index in [0.717, 1.165) is 65.8 Å². The van der Waals surface area contributed by atoms with E-state index in [1.165, 1.54) is 6.07 Å². The smallest absolute Gasteiger partial charge is 0.403 e. The van der Waals surface area contributed by atoms with E-state index < -0.39 is 17.9 Å². The van der Waals surface area contributed by atoms with Crippen molar-refractivity contribution in [3.63, 3.8) is 0 Å². The topological polar surface area (TPSA) is 88.2 Å². The highest BCUT2D eigenvalue weighted by Gasteiger charge is 2.32. The first-order valence-electron chi connectivity index (χ1n) is 12.2. The molecule has 1 fully saturated rings. The number of nitrogens with one attached hydrogen (secondary N) is 2. The molecule has 1 saturated heterocycles. The maximum absolute atomic E-state index is 13.8. The van der Waals surface area contributed by atoms with Crippen molar-refractivity contribution >= 4 is 16.6 Å². The first-order chi connectivity index (χ1) is 18.4. The third kappa shape index (κ3) is 6.37. The van der Waals surface area contributed by atoms with Gasteiger partial charge in [0.2, 0.25) is 0 Å². The average Bonchev–Trinajstić information content (AvgIpc) is 3.34. The van der Waals surface area contributed by atoms with Crippen molar-refractivity contribution in [3.8, 4) is 16.9 Å². The van der Waals surface area contributed by atoms with E-state index in [1.807, 2.05) is 12.3 Å². The first kappa shape index (κ1) is 25.9. The molecule has 2 aromatic carbocycles. The Morgan fingerprint density at radius 3 is 2.66 bits per heavy atom. The summed E-state index contributed by atoms with van der Waals surface area (Å²) >= 11 is 0. The van der Waals surface area contributed by atoms with E-state index >= 15 is 0 Å². The number of alkyl halides is 3. The molecule has 12 heteroatoms. The van der Waals surface area contributed by atoms with Gasteiger partial charge >= 0.3 is 6.36 Å². The molecule has 1 aliphatic rings. The van der Waals surface area contributed by atoms with Crippen LogP contribution >= 0.6 is 0 Å². The highest BCUT2D eigenvalue weighted by Crippen LogP contribution is 2.34. The number of hydrogen-bond donors (Lipinski definition) is 2. The first-order valence-corrected chi connectivity index (χ1v) is 12.2. The summed E-state index contributed by atoms with van der Waals surface area (Å²) in [5.41, 5.74) is 4.62. The quantitative estimate of drug-likeness (QED) is 0.212. The highest BCUT2D eigenvalue weighted by molar-refractivity contribution is 5.96. The second-order valence-electron chi connectivity index (χ2n) is 9.05. The highest BCUT2D eigenvalue weighted by atomic mass is 19.4. The van der Waals surface area contributed by atoms with Gasteiger partial charge < -0.3 is 19.7 Å². The Morgan fingerprint density at radius 2 is 1.89 bits per heavy atom. The van der Waals surface area contributed by atoms with Gasteiger partial charge in [-0.05, 0) is 60.8 Å². The maximum atomic E-state index is 13.8. The third-order valence-corrected chi connectivity index (χ3v) is 6.30. The predicted molar refractivity (Wildman–Crippen MR) is 133 cm³/mol. The van der Waals surface area contributed by atoms with Gasteiger partial charge in [-0.2, -0.15) is 15.3 Å². The number of rotatable bonds is 11. The van der Waals surface area contributed by atoms with Crippen LogP contribution in [0.15, 0.2) is 55.0 Å². The normalized spacial score (nSPS) is 14.2. The summed E-state index contributed by atoms with van der Waals surface area (Å²) in [5.74, 6) is -1.87. The van der Waals surface area contributed by atoms with Crippen molar-refractivity contribution < 1.29 is 27.0 Å². The summed E-state index contributed by atoms with van der Waals surface area (Å²) in [6, 6.07) is 9.55. The zero-order valence-electron chi connectivity index (χ0n) is 20.3. The summed E-state index contributed by atoms with van der Waals surface area (Å²) in [6.07, 6.45) is 2.17. The second-order valence-corrected chi connectivity index (χ2v) is 9.05. The van der Waals surface area contributed by atoms with Gasteiger partial charge in [-0.15, -0.1) is 13.2 Å². The van der Waals surface area contributed by atoms with Crippen LogP contribution in [0.4, 0.5) is 23.2 Å². The fraction of sp³-hybridized carbons (Fsp3) is 0.346. The van der Waals surface area contributed by atoms with Gasteiger partial charge in [0, 0.05) is 42.9 Å². The van der Waals surface area contributed by atoms with Crippen LogP contribution in [-0.4, -0.2) is 59.1 Å². The fourth-order valence-corrected chi connectivity index (χ4v) is 4.36. The Bertz CT molecular complexity index is 1360. The van der Waals surface area contributed by atoms with Crippen LogP contribution in [-0.2, 0) is 11.3 Å². The largest absolute Gasteiger partial charge is 0.573 e. The Hall–Kier alpha value is -3.77. The number of ether oxygens (including phenoxy) is 2. The number of benzene rings is 2. The molecule has 0 spiro atoms. The SMILES string of the molecule is Fc1cc(CNCCCCOC2CN(c3cc(-c4ccnnc4)cc4[nH]ncc34)C2)ccc1OC(F)(F)F. The van der Waals surface area contributed by atoms with Crippen molar-refractivity contribution in [3.05, 3.63) is 66.4 Å². The van der Waals surface area contributed by atoms with E-state index in [2.05, 4.69) is 47.5 Å². The monoisotopic (exact) mass is 530 g/mol. The van der Waals surface area contributed by atoms with E-state index in [0.29, 0.717) is 25.3 Å². The number of nitrogens with zero attached hydrogens (tertiary/aromatic N) is 4. The lowest BCUT2D eigenvalue weighted by atomic mass is 10.0. The summed E-state index contributed by atoms with van der Waals surface area (Å²) in [7, 11) is 0. The number of fused-ring (bicyclic) bond motifs is 1. The minimum atomic E-state index is -4.92. The van der Waals surface area contributed by atoms with Gasteiger partial charge in [-0.1, -0.05) is 6.07 Å². The van der Waals surface area contributed by atoms with Crippen molar-refractivity contribution in [2.45, 2.75) is 31.9 Å². The zero-order chi connectivity index (χ0) is 26.5. The molecular formula is C26H26F4N6O2. The minimum Gasteiger partial charge on any atom is -0.403 e. The standard InChI is InChI=1S/C26H26F4N6O2/c27-22-9-17(3-4-25(22)38-26(28,29)30)12-31-6-1-2-8-37-20-15-36(16-20)24-11-19(18-5-7-32-33-13-18)10-23-21(24)14-34-35-23/h3-5,7,9-11,13-14,20,31H,1-2,6,8,12,15-16H2,(H,34,35). The third-order valence-electron chi connectivity index (χ3n) is 6.30. The molecule has 0 saturated carbocycles. The lowest BCUT2D eigenvalue weighted by Crippen LogP contribution is -2.52. The maximum Gasteiger partial charge on any atom is 0.573 e. The molecule has 0 radical (unpaired) electrons. The second kappa shape index (κ2) is 11.3. The molecule has 38 heavy (non-hydrogen) atoms. The molecule has 4 aromatic rings. The Kier molecular flexibility index (Phi) is 7.70. The summed E-state index contributed by atoms with van der Waals surface area (Å²) < 4.78 is 60.2. The van der Waals surface area contributed by atoms with Crippen LogP contribution in [0.2, 0.25) is 0 Å². The van der Waals surface area contributed by atoms with Gasteiger partial charge in [0.25, 0.3) is 0 Å². The van der Waals surface area contributed by atoms with Crippen LogP contribution < -0.4 is 15.0 Å². The number of aromatic amines is 1. The van der Waals surface area contributed by atoms with Gasteiger partial charge in [-0.3, -0.25) is 5.10 Å². The zero-order valence-corrected chi connectivity index (χ0v) is 20.3. The van der Waals surface area contributed by atoms with Crippen LogP contribution in [0, 0.1) is 5.82 Å². The predicted octanol–water partition coefficient (Wildman–Crippen LogP) is 4.83.